The van der Waals surface area contributed by atoms with Crippen LogP contribution in [0.3, 0.4) is 0 Å². The lowest BCUT2D eigenvalue weighted by Gasteiger charge is -2.20. The number of thiocarbonyl (C=S) groups is 1. The van der Waals surface area contributed by atoms with E-state index >= 15 is 0 Å². The monoisotopic (exact) mass is 468 g/mol. The normalized spacial score (nSPS) is 15.0. The van der Waals surface area contributed by atoms with Crippen molar-refractivity contribution in [2.75, 3.05) is 12.1 Å². The summed E-state index contributed by atoms with van der Waals surface area (Å²) in [6.07, 6.45) is 1.79. The first-order valence-electron chi connectivity index (χ1n) is 9.86. The van der Waals surface area contributed by atoms with Crippen LogP contribution in [0, 0.1) is 19.7 Å². The summed E-state index contributed by atoms with van der Waals surface area (Å²) in [5.74, 6) is 0.634. The summed E-state index contributed by atoms with van der Waals surface area (Å²) in [6, 6.07) is 15.5. The summed E-state index contributed by atoms with van der Waals surface area (Å²) in [6.45, 7) is 4.15. The Labute approximate surface area is 195 Å². The van der Waals surface area contributed by atoms with Crippen LogP contribution < -0.4 is 14.5 Å². The molecule has 2 aromatic carbocycles. The van der Waals surface area contributed by atoms with Crippen molar-refractivity contribution in [3.8, 4) is 11.5 Å². The van der Waals surface area contributed by atoms with Crippen molar-refractivity contribution in [3.05, 3.63) is 87.8 Å². The molecular weight excluding hydrogens is 447 g/mol. The predicted molar refractivity (Wildman–Crippen MR) is 129 cm³/mol. The van der Waals surface area contributed by atoms with Crippen LogP contribution in [0.5, 0.6) is 11.5 Å². The van der Waals surface area contributed by atoms with Crippen molar-refractivity contribution in [3.63, 3.8) is 0 Å². The van der Waals surface area contributed by atoms with E-state index in [1.54, 1.807) is 37.5 Å². The van der Waals surface area contributed by atoms with Crippen LogP contribution in [0.2, 0.25) is 0 Å². The van der Waals surface area contributed by atoms with Crippen molar-refractivity contribution in [2.24, 2.45) is 0 Å². The van der Waals surface area contributed by atoms with Gasteiger partial charge in [-0.15, -0.1) is 0 Å². The van der Waals surface area contributed by atoms with Gasteiger partial charge >= 0.3 is 0 Å². The molecule has 32 heavy (non-hydrogen) atoms. The van der Waals surface area contributed by atoms with Crippen LogP contribution >= 0.6 is 24.0 Å². The zero-order valence-corrected chi connectivity index (χ0v) is 19.4. The standard InChI is InChI=1S/C24H21FN2O3S2/c1-15-4-5-16(2)26(15)27-23(28)22(32-24(27)31)13-18-8-11-20(21(12-18)29-3)30-14-17-6-9-19(25)10-7-17/h4-13H,14H2,1-3H3/b22-13-. The third-order valence-corrected chi connectivity index (χ3v) is 6.28. The van der Waals surface area contributed by atoms with E-state index in [4.69, 9.17) is 21.7 Å². The van der Waals surface area contributed by atoms with Crippen LogP contribution in [0.15, 0.2) is 59.5 Å². The third-order valence-electron chi connectivity index (χ3n) is 5.00. The van der Waals surface area contributed by atoms with E-state index < -0.39 is 0 Å². The minimum atomic E-state index is -0.289. The Hall–Kier alpha value is -3.10. The van der Waals surface area contributed by atoms with Crippen LogP contribution in [0.25, 0.3) is 6.08 Å². The van der Waals surface area contributed by atoms with Gasteiger partial charge in [-0.3, -0.25) is 9.47 Å². The van der Waals surface area contributed by atoms with E-state index in [1.807, 2.05) is 36.7 Å². The number of carbonyl (C=O) groups is 1. The molecule has 1 fully saturated rings. The van der Waals surface area contributed by atoms with Gasteiger partial charge in [0, 0.05) is 11.4 Å². The molecule has 0 radical (unpaired) electrons. The van der Waals surface area contributed by atoms with Crippen LogP contribution in [0.4, 0.5) is 4.39 Å². The van der Waals surface area contributed by atoms with E-state index in [0.717, 1.165) is 22.5 Å². The lowest BCUT2D eigenvalue weighted by Crippen LogP contribution is -2.39. The maximum absolute atomic E-state index is 13.1. The number of amides is 1. The fourth-order valence-corrected chi connectivity index (χ4v) is 4.64. The first-order valence-corrected chi connectivity index (χ1v) is 11.1. The summed E-state index contributed by atoms with van der Waals surface area (Å²) in [5.41, 5.74) is 3.50. The molecule has 2 heterocycles. The molecule has 1 aliphatic rings. The number of aryl methyl sites for hydroxylation is 2. The lowest BCUT2D eigenvalue weighted by atomic mass is 10.2. The minimum absolute atomic E-state index is 0.169. The number of aromatic nitrogens is 1. The number of methoxy groups -OCH3 is 1. The Morgan fingerprint density at radius 1 is 1.03 bits per heavy atom. The summed E-state index contributed by atoms with van der Waals surface area (Å²) in [4.78, 5) is 13.6. The van der Waals surface area contributed by atoms with Crippen LogP contribution in [-0.4, -0.2) is 22.0 Å². The Bertz CT molecular complexity index is 1200. The highest BCUT2D eigenvalue weighted by Crippen LogP contribution is 2.35. The predicted octanol–water partition coefficient (Wildman–Crippen LogP) is 5.37. The first kappa shape index (κ1) is 22.1. The van der Waals surface area contributed by atoms with Crippen molar-refractivity contribution < 1.29 is 18.7 Å². The second kappa shape index (κ2) is 9.18. The number of nitrogens with zero attached hydrogens (tertiary/aromatic N) is 2. The van der Waals surface area contributed by atoms with Gasteiger partial charge in [0.05, 0.1) is 12.0 Å². The van der Waals surface area contributed by atoms with Gasteiger partial charge in [0.1, 0.15) is 12.4 Å². The summed E-state index contributed by atoms with van der Waals surface area (Å²) in [7, 11) is 1.56. The SMILES string of the molecule is COc1cc(/C=C2\SC(=S)N(n3c(C)ccc3C)C2=O)ccc1OCc1ccc(F)cc1. The Morgan fingerprint density at radius 3 is 2.38 bits per heavy atom. The molecule has 5 nitrogen and oxygen atoms in total. The molecule has 3 aromatic rings. The molecule has 0 N–H and O–H groups in total. The molecule has 0 bridgehead atoms. The van der Waals surface area contributed by atoms with Gasteiger partial charge in [-0.1, -0.05) is 30.0 Å². The van der Waals surface area contributed by atoms with Crippen molar-refractivity contribution in [1.29, 1.82) is 0 Å². The average Bonchev–Trinajstić information content (AvgIpc) is 3.24. The number of hydrogen-bond donors (Lipinski definition) is 0. The molecule has 0 aliphatic carbocycles. The third kappa shape index (κ3) is 4.42. The van der Waals surface area contributed by atoms with Crippen molar-refractivity contribution >= 4 is 40.3 Å². The Balaban J connectivity index is 1.54. The first-order chi connectivity index (χ1) is 15.4. The average molecular weight is 469 g/mol. The molecule has 1 aliphatic heterocycles. The van der Waals surface area contributed by atoms with E-state index in [0.29, 0.717) is 20.7 Å². The lowest BCUT2D eigenvalue weighted by molar-refractivity contribution is -0.114. The van der Waals surface area contributed by atoms with Gasteiger partial charge in [0.15, 0.2) is 15.8 Å². The molecule has 1 aromatic heterocycles. The topological polar surface area (TPSA) is 43.7 Å². The summed E-state index contributed by atoms with van der Waals surface area (Å²) >= 11 is 6.74. The molecule has 1 saturated heterocycles. The van der Waals surface area contributed by atoms with Crippen LogP contribution in [-0.2, 0) is 11.4 Å². The fourth-order valence-electron chi connectivity index (χ4n) is 3.39. The molecule has 0 unspecified atom stereocenters. The van der Waals surface area contributed by atoms with Gasteiger partial charge in [0.2, 0.25) is 0 Å². The molecule has 1 amide bonds. The van der Waals surface area contributed by atoms with Crippen LogP contribution in [0.1, 0.15) is 22.5 Å². The second-order valence-electron chi connectivity index (χ2n) is 7.25. The number of halogens is 1. The molecular formula is C24H21FN2O3S2. The van der Waals surface area contributed by atoms with Crippen molar-refractivity contribution in [1.82, 2.24) is 4.68 Å². The molecule has 0 spiro atoms. The molecule has 0 saturated carbocycles. The Morgan fingerprint density at radius 2 is 1.72 bits per heavy atom. The quantitative estimate of drug-likeness (QED) is 0.360. The number of benzene rings is 2. The highest BCUT2D eigenvalue weighted by Gasteiger charge is 2.34. The van der Waals surface area contributed by atoms with Gasteiger partial charge in [-0.05, 0) is 79.7 Å². The zero-order chi connectivity index (χ0) is 22.8. The van der Waals surface area contributed by atoms with Crippen molar-refractivity contribution in [2.45, 2.75) is 20.5 Å². The highest BCUT2D eigenvalue weighted by molar-refractivity contribution is 8.27. The van der Waals surface area contributed by atoms with Gasteiger partial charge in [0.25, 0.3) is 5.91 Å². The highest BCUT2D eigenvalue weighted by atomic mass is 32.2. The van der Waals surface area contributed by atoms with Gasteiger partial charge < -0.3 is 9.47 Å². The fraction of sp³-hybridized carbons (Fsp3) is 0.167. The zero-order valence-electron chi connectivity index (χ0n) is 17.8. The number of hydrogen-bond acceptors (Lipinski definition) is 5. The number of carbonyl (C=O) groups excluding carboxylic acids is 1. The number of thioether (sulfide) groups is 1. The smallest absolute Gasteiger partial charge is 0.285 e. The minimum Gasteiger partial charge on any atom is -0.493 e. The van der Waals surface area contributed by atoms with E-state index in [2.05, 4.69) is 0 Å². The van der Waals surface area contributed by atoms with E-state index in [1.165, 1.54) is 28.9 Å². The molecule has 4 rings (SSSR count). The summed E-state index contributed by atoms with van der Waals surface area (Å²) in [5, 5.41) is 1.52. The maximum Gasteiger partial charge on any atom is 0.285 e. The number of rotatable bonds is 6. The largest absolute Gasteiger partial charge is 0.493 e. The van der Waals surface area contributed by atoms with Gasteiger partial charge in [-0.2, -0.15) is 5.01 Å². The summed E-state index contributed by atoms with van der Waals surface area (Å²) < 4.78 is 26.7. The molecule has 164 valence electrons. The molecule has 8 heteroatoms. The Kier molecular flexibility index (Phi) is 6.34. The maximum atomic E-state index is 13.1. The van der Waals surface area contributed by atoms with E-state index in [9.17, 15) is 9.18 Å². The van der Waals surface area contributed by atoms with Gasteiger partial charge in [-0.25, -0.2) is 4.39 Å². The van der Waals surface area contributed by atoms with E-state index in [-0.39, 0.29) is 18.3 Å². The second-order valence-corrected chi connectivity index (χ2v) is 8.92. The molecule has 0 atom stereocenters. The number of ether oxygens (including phenoxy) is 2.